The lowest BCUT2D eigenvalue weighted by molar-refractivity contribution is -0.306. The van der Waals surface area contributed by atoms with Gasteiger partial charge in [0, 0.05) is 0 Å². The van der Waals surface area contributed by atoms with Gasteiger partial charge in [-0.05, 0) is 18.2 Å². The van der Waals surface area contributed by atoms with Gasteiger partial charge in [-0.25, -0.2) is 21.2 Å². The van der Waals surface area contributed by atoms with E-state index < -0.39 is 88.1 Å². The van der Waals surface area contributed by atoms with Gasteiger partial charge in [0.2, 0.25) is 0 Å². The summed E-state index contributed by atoms with van der Waals surface area (Å²) in [5.74, 6) is 0. The number of benzene rings is 1. The average Bonchev–Trinajstić information content (AvgIpc) is 2.48. The SMILES string of the molecule is O=S(=O)(NS(=O)(=O)C(F)(C(F)(F)F)C(F)(F)F)c1cc(C(F)(F)F)cc(C(F)(F)F)c1. The predicted molar refractivity (Wildman–Crippen MR) is 71.6 cm³/mol. The van der Waals surface area contributed by atoms with E-state index in [4.69, 9.17) is 0 Å². The second kappa shape index (κ2) is 7.36. The van der Waals surface area contributed by atoms with E-state index in [2.05, 4.69) is 0 Å². The van der Waals surface area contributed by atoms with E-state index in [-0.39, 0.29) is 0 Å². The third-order valence-electron chi connectivity index (χ3n) is 3.19. The minimum absolute atomic E-state index is 0.445. The minimum Gasteiger partial charge on any atom is -0.207 e. The monoisotopic (exact) mass is 525 g/mol. The molecular weight excluding hydrogens is 521 g/mol. The number of halogens is 13. The molecule has 1 N–H and O–H groups in total. The van der Waals surface area contributed by atoms with Crippen LogP contribution in [0.15, 0.2) is 23.1 Å². The van der Waals surface area contributed by atoms with Crippen LogP contribution in [0.25, 0.3) is 0 Å². The van der Waals surface area contributed by atoms with Crippen LogP contribution in [0, 0.1) is 0 Å². The molecule has 1 rings (SSSR count). The number of alkyl halides is 13. The lowest BCUT2D eigenvalue weighted by Crippen LogP contribution is -2.62. The van der Waals surface area contributed by atoms with E-state index >= 15 is 0 Å². The first-order valence-electron chi connectivity index (χ1n) is 6.67. The van der Waals surface area contributed by atoms with Crippen LogP contribution in [0.3, 0.4) is 0 Å². The Labute approximate surface area is 162 Å². The summed E-state index contributed by atoms with van der Waals surface area (Å²) in [7, 11) is -14.3. The molecule has 0 atom stereocenters. The molecule has 0 aromatic heterocycles. The topological polar surface area (TPSA) is 80.3 Å². The number of nitrogens with one attached hydrogen (secondary N) is 1. The summed E-state index contributed by atoms with van der Waals surface area (Å²) >= 11 is 0. The van der Waals surface area contributed by atoms with Gasteiger partial charge in [0.15, 0.2) is 0 Å². The van der Waals surface area contributed by atoms with Gasteiger partial charge < -0.3 is 0 Å². The van der Waals surface area contributed by atoms with E-state index in [1.54, 1.807) is 0 Å². The lowest BCUT2D eigenvalue weighted by Gasteiger charge is -2.29. The Kier molecular flexibility index (Phi) is 6.46. The second-order valence-electron chi connectivity index (χ2n) is 5.42. The summed E-state index contributed by atoms with van der Waals surface area (Å²) in [4.78, 5) is -2.37. The highest BCUT2D eigenvalue weighted by atomic mass is 32.3. The van der Waals surface area contributed by atoms with Crippen molar-refractivity contribution in [3.05, 3.63) is 29.3 Å². The number of rotatable bonds is 4. The number of sulfonamides is 2. The fourth-order valence-corrected chi connectivity index (χ4v) is 4.97. The third-order valence-corrected chi connectivity index (χ3v) is 7.01. The highest BCUT2D eigenvalue weighted by Crippen LogP contribution is 2.49. The van der Waals surface area contributed by atoms with Crippen molar-refractivity contribution >= 4 is 20.0 Å². The molecule has 0 bridgehead atoms. The first-order valence-corrected chi connectivity index (χ1v) is 9.64. The zero-order chi connectivity index (χ0) is 25.1. The number of hydrogen-bond acceptors (Lipinski definition) is 4. The van der Waals surface area contributed by atoms with Crippen LogP contribution >= 0.6 is 0 Å². The van der Waals surface area contributed by atoms with E-state index in [1.165, 1.54) is 0 Å². The van der Waals surface area contributed by atoms with Crippen molar-refractivity contribution in [2.24, 2.45) is 0 Å². The largest absolute Gasteiger partial charge is 0.448 e. The van der Waals surface area contributed by atoms with Gasteiger partial charge in [0.25, 0.3) is 20.0 Å². The molecule has 0 spiro atoms. The molecule has 180 valence electrons. The molecule has 0 amide bonds. The van der Waals surface area contributed by atoms with Crippen molar-refractivity contribution in [2.45, 2.75) is 34.6 Å². The predicted octanol–water partition coefficient (Wildman–Crippen LogP) is 4.12. The summed E-state index contributed by atoms with van der Waals surface area (Å²) in [6, 6.07) is -2.14. The van der Waals surface area contributed by atoms with Crippen molar-refractivity contribution in [3.63, 3.8) is 0 Å². The maximum absolute atomic E-state index is 13.6. The van der Waals surface area contributed by atoms with Gasteiger partial charge in [-0.2, -0.15) is 52.7 Å². The molecule has 0 fully saturated rings. The molecule has 5 nitrogen and oxygen atoms in total. The highest BCUT2D eigenvalue weighted by molar-refractivity contribution is 8.05. The molecule has 0 saturated heterocycles. The quantitative estimate of drug-likeness (QED) is 0.600. The van der Waals surface area contributed by atoms with Crippen LogP contribution in [0.1, 0.15) is 11.1 Å². The average molecular weight is 525 g/mol. The normalized spacial score (nSPS) is 15.3. The Bertz CT molecular complexity index is 1000. The third kappa shape index (κ3) is 5.16. The fourth-order valence-electron chi connectivity index (χ4n) is 1.80. The molecule has 0 saturated carbocycles. The van der Waals surface area contributed by atoms with Crippen molar-refractivity contribution in [3.8, 4) is 0 Å². The van der Waals surface area contributed by atoms with Crippen molar-refractivity contribution in [1.29, 1.82) is 0 Å². The summed E-state index contributed by atoms with van der Waals surface area (Å²) in [6.45, 7) is 0. The van der Waals surface area contributed by atoms with E-state index in [1.807, 2.05) is 0 Å². The molecule has 0 radical (unpaired) electrons. The highest BCUT2D eigenvalue weighted by Gasteiger charge is 2.81. The Hall–Kier alpha value is -1.83. The molecule has 0 aliphatic rings. The zero-order valence-corrected chi connectivity index (χ0v) is 15.2. The Balaban J connectivity index is 3.76. The molecule has 0 heterocycles. The van der Waals surface area contributed by atoms with Gasteiger partial charge in [-0.15, -0.1) is 4.13 Å². The molecule has 1 aromatic rings. The summed E-state index contributed by atoms with van der Waals surface area (Å²) < 4.78 is 211. The molecular formula is C11H4F13NO4S2. The van der Waals surface area contributed by atoms with E-state index in [0.717, 1.165) is 0 Å². The summed E-state index contributed by atoms with van der Waals surface area (Å²) in [5.41, 5.74) is -4.84. The van der Waals surface area contributed by atoms with Gasteiger partial charge >= 0.3 is 29.7 Å². The van der Waals surface area contributed by atoms with Crippen molar-refractivity contribution < 1.29 is 73.9 Å². The van der Waals surface area contributed by atoms with Crippen molar-refractivity contribution in [2.75, 3.05) is 0 Å². The van der Waals surface area contributed by atoms with Gasteiger partial charge in [-0.3, -0.25) is 0 Å². The van der Waals surface area contributed by atoms with Crippen LogP contribution < -0.4 is 4.13 Å². The molecule has 20 heteroatoms. The maximum Gasteiger partial charge on any atom is 0.448 e. The molecule has 0 unspecified atom stereocenters. The van der Waals surface area contributed by atoms with Crippen LogP contribution in [0.5, 0.6) is 0 Å². The second-order valence-corrected chi connectivity index (χ2v) is 9.14. The van der Waals surface area contributed by atoms with Crippen LogP contribution in [0.4, 0.5) is 57.1 Å². The Morgan fingerprint density at radius 3 is 1.16 bits per heavy atom. The standard InChI is InChI=1S/C11H4F13NO4S2/c12-7(13,14)4-1-5(8(15,16)17)3-6(2-4)30(26,27)25-31(28,29)9(18,10(19,20)21)11(22,23)24/h1-3,25H. The fraction of sp³-hybridized carbons (Fsp3) is 0.455. The molecule has 0 aliphatic heterocycles. The van der Waals surface area contributed by atoms with Crippen LogP contribution in [-0.4, -0.2) is 34.2 Å². The molecule has 1 aromatic carbocycles. The Morgan fingerprint density at radius 1 is 0.581 bits per heavy atom. The summed E-state index contributed by atoms with van der Waals surface area (Å²) in [5, 5.41) is -7.30. The van der Waals surface area contributed by atoms with Crippen molar-refractivity contribution in [1.82, 2.24) is 4.13 Å². The summed E-state index contributed by atoms with van der Waals surface area (Å²) in [6.07, 6.45) is -26.2. The first-order chi connectivity index (χ1) is 13.3. The van der Waals surface area contributed by atoms with E-state index in [0.29, 0.717) is 0 Å². The zero-order valence-electron chi connectivity index (χ0n) is 13.6. The van der Waals surface area contributed by atoms with Gasteiger partial charge in [0.05, 0.1) is 16.0 Å². The smallest absolute Gasteiger partial charge is 0.207 e. The first kappa shape index (κ1) is 27.2. The van der Waals surface area contributed by atoms with Gasteiger partial charge in [-0.1, -0.05) is 0 Å². The minimum atomic E-state index is -7.76. The van der Waals surface area contributed by atoms with Crippen LogP contribution in [0.2, 0.25) is 0 Å². The maximum atomic E-state index is 13.6. The number of hydrogen-bond donors (Lipinski definition) is 1. The molecule has 0 aliphatic carbocycles. The Morgan fingerprint density at radius 2 is 0.903 bits per heavy atom. The van der Waals surface area contributed by atoms with Gasteiger partial charge in [0.1, 0.15) is 0 Å². The van der Waals surface area contributed by atoms with Crippen LogP contribution in [-0.2, 0) is 32.4 Å². The molecule has 31 heavy (non-hydrogen) atoms. The lowest BCUT2D eigenvalue weighted by atomic mass is 10.1. The van der Waals surface area contributed by atoms with E-state index in [9.17, 15) is 73.9 Å².